The molecule has 0 amide bonds. The molecule has 0 N–H and O–H groups in total. The number of ketones is 1. The van der Waals surface area contributed by atoms with Crippen molar-refractivity contribution in [3.05, 3.63) is 56.8 Å². The third kappa shape index (κ3) is 2.63. The van der Waals surface area contributed by atoms with Gasteiger partial charge in [0.15, 0.2) is 17.3 Å². The van der Waals surface area contributed by atoms with Gasteiger partial charge < -0.3 is 9.47 Å². The van der Waals surface area contributed by atoms with Crippen LogP contribution in [0.3, 0.4) is 0 Å². The van der Waals surface area contributed by atoms with Crippen molar-refractivity contribution < 1.29 is 18.7 Å². The summed E-state index contributed by atoms with van der Waals surface area (Å²) in [5.74, 6) is -0.209. The molecule has 6 heteroatoms. The summed E-state index contributed by atoms with van der Waals surface area (Å²) in [6.07, 6.45) is 0. The molecule has 0 saturated carbocycles. The van der Waals surface area contributed by atoms with Gasteiger partial charge in [-0.3, -0.25) is 4.79 Å². The molecule has 2 aromatic carbocycles. The fraction of sp³-hybridized carbons (Fsp3) is 0.133. The van der Waals surface area contributed by atoms with Crippen LogP contribution in [0.1, 0.15) is 15.9 Å². The molecule has 3 rings (SSSR count). The van der Waals surface area contributed by atoms with Crippen LogP contribution in [0.2, 0.25) is 5.02 Å². The van der Waals surface area contributed by atoms with E-state index in [0.717, 1.165) is 0 Å². The first kappa shape index (κ1) is 14.4. The Kier molecular flexibility index (Phi) is 3.87. The van der Waals surface area contributed by atoms with E-state index in [1.165, 1.54) is 24.3 Å². The van der Waals surface area contributed by atoms with Gasteiger partial charge in [-0.05, 0) is 34.1 Å². The van der Waals surface area contributed by atoms with Gasteiger partial charge in [-0.2, -0.15) is 0 Å². The maximum atomic E-state index is 13.9. The molecule has 1 aliphatic rings. The number of ether oxygens (including phenoxy) is 2. The van der Waals surface area contributed by atoms with Crippen molar-refractivity contribution in [2.45, 2.75) is 0 Å². The maximum absolute atomic E-state index is 13.9. The third-order valence-corrected chi connectivity index (χ3v) is 4.04. The van der Waals surface area contributed by atoms with Gasteiger partial charge in [-0.15, -0.1) is 0 Å². The normalized spacial score (nSPS) is 13.1. The Morgan fingerprint density at radius 2 is 1.86 bits per heavy atom. The van der Waals surface area contributed by atoms with E-state index in [4.69, 9.17) is 21.1 Å². The molecular weight excluding hydrogens is 363 g/mol. The number of hydrogen-bond acceptors (Lipinski definition) is 3. The smallest absolute Gasteiger partial charge is 0.198 e. The average molecular weight is 372 g/mol. The number of halogens is 3. The molecule has 0 saturated heterocycles. The molecule has 1 heterocycles. The highest BCUT2D eigenvalue weighted by atomic mass is 79.9. The number of carbonyl (C=O) groups is 1. The van der Waals surface area contributed by atoms with E-state index in [1.807, 2.05) is 0 Å². The second-order valence-electron chi connectivity index (χ2n) is 4.40. The molecule has 3 nitrogen and oxygen atoms in total. The minimum atomic E-state index is -0.611. The van der Waals surface area contributed by atoms with Gasteiger partial charge in [-0.1, -0.05) is 17.7 Å². The second kappa shape index (κ2) is 5.66. The summed E-state index contributed by atoms with van der Waals surface area (Å²) in [6, 6.07) is 7.34. The van der Waals surface area contributed by atoms with Gasteiger partial charge in [-0.25, -0.2) is 4.39 Å². The largest absolute Gasteiger partial charge is 0.486 e. The maximum Gasteiger partial charge on any atom is 0.198 e. The van der Waals surface area contributed by atoms with Crippen molar-refractivity contribution in [2.24, 2.45) is 0 Å². The lowest BCUT2D eigenvalue weighted by Crippen LogP contribution is -2.16. The van der Waals surface area contributed by atoms with Gasteiger partial charge in [0.1, 0.15) is 19.0 Å². The monoisotopic (exact) mass is 370 g/mol. The summed E-state index contributed by atoms with van der Waals surface area (Å²) >= 11 is 9.30. The minimum Gasteiger partial charge on any atom is -0.486 e. The fourth-order valence-electron chi connectivity index (χ4n) is 2.09. The number of hydrogen-bond donors (Lipinski definition) is 0. The van der Waals surface area contributed by atoms with E-state index in [-0.39, 0.29) is 16.1 Å². The zero-order chi connectivity index (χ0) is 15.0. The van der Waals surface area contributed by atoms with Crippen molar-refractivity contribution in [3.63, 3.8) is 0 Å². The molecule has 0 aromatic heterocycles. The lowest BCUT2D eigenvalue weighted by atomic mass is 10.0. The lowest BCUT2D eigenvalue weighted by Gasteiger charge is -2.19. The van der Waals surface area contributed by atoms with Crippen LogP contribution in [-0.2, 0) is 0 Å². The molecule has 2 aromatic rings. The third-order valence-electron chi connectivity index (χ3n) is 3.07. The van der Waals surface area contributed by atoms with Crippen molar-refractivity contribution in [1.29, 1.82) is 0 Å². The molecule has 1 aliphatic heterocycles. The number of fused-ring (bicyclic) bond motifs is 1. The van der Waals surface area contributed by atoms with Crippen LogP contribution in [0, 0.1) is 5.82 Å². The van der Waals surface area contributed by atoms with E-state index >= 15 is 0 Å². The van der Waals surface area contributed by atoms with Crippen LogP contribution in [0.25, 0.3) is 0 Å². The number of carbonyl (C=O) groups excluding carboxylic acids is 1. The second-order valence-corrected chi connectivity index (χ2v) is 5.66. The Morgan fingerprint density at radius 1 is 1.19 bits per heavy atom. The van der Waals surface area contributed by atoms with Crippen molar-refractivity contribution in [2.75, 3.05) is 13.2 Å². The summed E-state index contributed by atoms with van der Waals surface area (Å²) in [5.41, 5.74) is 0.114. The average Bonchev–Trinajstić information content (AvgIpc) is 2.46. The quantitative estimate of drug-likeness (QED) is 0.741. The van der Waals surface area contributed by atoms with E-state index in [1.54, 1.807) is 6.07 Å². The molecule has 0 unspecified atom stereocenters. The molecule has 108 valence electrons. The highest BCUT2D eigenvalue weighted by molar-refractivity contribution is 9.10. The lowest BCUT2D eigenvalue weighted by molar-refractivity contribution is 0.103. The van der Waals surface area contributed by atoms with E-state index < -0.39 is 11.6 Å². The first-order valence-electron chi connectivity index (χ1n) is 6.16. The molecule has 21 heavy (non-hydrogen) atoms. The number of benzene rings is 2. The Hall–Kier alpha value is -1.59. The SMILES string of the molecule is O=C(c1cc2c(cc1Cl)OCCO2)c1c(F)cccc1Br. The Morgan fingerprint density at radius 3 is 2.52 bits per heavy atom. The highest BCUT2D eigenvalue weighted by Crippen LogP contribution is 2.37. The molecule has 0 atom stereocenters. The first-order chi connectivity index (χ1) is 10.1. The zero-order valence-electron chi connectivity index (χ0n) is 10.7. The summed E-state index contributed by atoms with van der Waals surface area (Å²) in [4.78, 5) is 12.5. The minimum absolute atomic E-state index is 0.0592. The van der Waals surface area contributed by atoms with Gasteiger partial charge in [0, 0.05) is 16.1 Å². The summed E-state index contributed by atoms with van der Waals surface area (Å²) < 4.78 is 25.1. The van der Waals surface area contributed by atoms with E-state index in [9.17, 15) is 9.18 Å². The molecular formula is C15H9BrClFO3. The van der Waals surface area contributed by atoms with E-state index in [0.29, 0.717) is 29.2 Å². The molecule has 0 bridgehead atoms. The molecule has 0 radical (unpaired) electrons. The summed E-state index contributed by atoms with van der Waals surface area (Å²) in [6.45, 7) is 0.821. The Labute approximate surface area is 133 Å². The van der Waals surface area contributed by atoms with Crippen molar-refractivity contribution >= 4 is 33.3 Å². The van der Waals surface area contributed by atoms with Gasteiger partial charge in [0.25, 0.3) is 0 Å². The predicted molar refractivity (Wildman–Crippen MR) is 80.0 cm³/mol. The van der Waals surface area contributed by atoms with Crippen LogP contribution in [0.5, 0.6) is 11.5 Å². The molecule has 0 aliphatic carbocycles. The van der Waals surface area contributed by atoms with Crippen LogP contribution in [0.15, 0.2) is 34.8 Å². The van der Waals surface area contributed by atoms with Crippen LogP contribution in [-0.4, -0.2) is 19.0 Å². The number of rotatable bonds is 2. The fourth-order valence-corrected chi connectivity index (χ4v) is 2.85. The van der Waals surface area contributed by atoms with Crippen LogP contribution >= 0.6 is 27.5 Å². The molecule has 0 spiro atoms. The van der Waals surface area contributed by atoms with Gasteiger partial charge in [0.05, 0.1) is 10.6 Å². The van der Waals surface area contributed by atoms with Crippen LogP contribution < -0.4 is 9.47 Å². The summed E-state index contributed by atoms with van der Waals surface area (Å²) in [5, 5.41) is 0.194. The van der Waals surface area contributed by atoms with Gasteiger partial charge in [0.2, 0.25) is 0 Å². The van der Waals surface area contributed by atoms with Crippen molar-refractivity contribution in [1.82, 2.24) is 0 Å². The zero-order valence-corrected chi connectivity index (χ0v) is 13.0. The standard InChI is InChI=1S/C15H9BrClFO3/c16-9-2-1-3-11(18)14(9)15(19)8-6-12-13(7-10(8)17)21-5-4-20-12/h1-3,6-7H,4-5H2. The first-order valence-corrected chi connectivity index (χ1v) is 7.33. The van der Waals surface area contributed by atoms with Gasteiger partial charge >= 0.3 is 0 Å². The van der Waals surface area contributed by atoms with Crippen molar-refractivity contribution in [3.8, 4) is 11.5 Å². The predicted octanol–water partition coefficient (Wildman–Crippen LogP) is 4.24. The highest BCUT2D eigenvalue weighted by Gasteiger charge is 2.23. The van der Waals surface area contributed by atoms with Crippen LogP contribution in [0.4, 0.5) is 4.39 Å². The Bertz CT molecular complexity index is 713. The van der Waals surface area contributed by atoms with E-state index in [2.05, 4.69) is 15.9 Å². The Balaban J connectivity index is 2.10. The molecule has 0 fully saturated rings. The topological polar surface area (TPSA) is 35.5 Å². The summed E-state index contributed by atoms with van der Waals surface area (Å²) in [7, 11) is 0.